The van der Waals surface area contributed by atoms with Crippen molar-refractivity contribution < 1.29 is 14.3 Å². The second-order valence-corrected chi connectivity index (χ2v) is 12.5. The monoisotopic (exact) mass is 598 g/mol. The van der Waals surface area contributed by atoms with E-state index in [9.17, 15) is 9.59 Å². The fourth-order valence-electron chi connectivity index (χ4n) is 7.43. The molecular weight excluding hydrogens is 552 g/mol. The molecule has 2 aliphatic heterocycles. The highest BCUT2D eigenvalue weighted by Crippen LogP contribution is 2.40. The van der Waals surface area contributed by atoms with E-state index in [0.717, 1.165) is 105 Å². The predicted molar refractivity (Wildman–Crippen MR) is 175 cm³/mol. The topological polar surface area (TPSA) is 86.9 Å². The number of pyridine rings is 1. The lowest BCUT2D eigenvalue weighted by molar-refractivity contribution is 0.0164. The van der Waals surface area contributed by atoms with Crippen molar-refractivity contribution in [1.82, 2.24) is 15.2 Å². The summed E-state index contributed by atoms with van der Waals surface area (Å²) in [6.07, 6.45) is 4.13. The molecule has 3 aromatic rings. The molecule has 8 heteroatoms. The molecule has 1 unspecified atom stereocenters. The van der Waals surface area contributed by atoms with Crippen molar-refractivity contribution in [1.29, 1.82) is 0 Å². The molecule has 1 atom stereocenters. The van der Waals surface area contributed by atoms with Crippen LogP contribution in [0.2, 0.25) is 0 Å². The van der Waals surface area contributed by atoms with Crippen LogP contribution in [-0.4, -0.2) is 67.9 Å². The number of morpholine rings is 1. The number of rotatable bonds is 8. The number of H-pyrrole nitrogens is 1. The van der Waals surface area contributed by atoms with E-state index >= 15 is 0 Å². The van der Waals surface area contributed by atoms with Crippen LogP contribution in [0.3, 0.4) is 0 Å². The summed E-state index contributed by atoms with van der Waals surface area (Å²) in [5, 5.41) is 3.07. The normalized spacial score (nSPS) is 19.1. The number of hydrogen-bond donors (Lipinski definition) is 2. The van der Waals surface area contributed by atoms with Gasteiger partial charge in [0, 0.05) is 74.0 Å². The van der Waals surface area contributed by atoms with Gasteiger partial charge in [0.05, 0.1) is 13.2 Å². The first-order valence-electron chi connectivity index (χ1n) is 16.3. The molecule has 1 aromatic heterocycles. The third-order valence-corrected chi connectivity index (χ3v) is 9.84. The Morgan fingerprint density at radius 2 is 1.73 bits per heavy atom. The molecule has 0 bridgehead atoms. The van der Waals surface area contributed by atoms with Crippen molar-refractivity contribution in [2.75, 3.05) is 51.0 Å². The predicted octanol–water partition coefficient (Wildman–Crippen LogP) is 5.22. The van der Waals surface area contributed by atoms with Crippen LogP contribution in [0.5, 0.6) is 0 Å². The highest BCUT2D eigenvalue weighted by atomic mass is 16.5. The Kier molecular flexibility index (Phi) is 9.21. The summed E-state index contributed by atoms with van der Waals surface area (Å²) in [7, 11) is 0. The number of fused-ring (bicyclic) bond motifs is 1. The Balaban J connectivity index is 1.35. The first-order valence-corrected chi connectivity index (χ1v) is 16.3. The lowest BCUT2D eigenvalue weighted by Gasteiger charge is -2.37. The first-order chi connectivity index (χ1) is 21.3. The minimum atomic E-state index is -0.165. The van der Waals surface area contributed by atoms with Gasteiger partial charge in [-0.05, 0) is 105 Å². The molecular formula is C36H46N4O4. The number of benzene rings is 2. The summed E-state index contributed by atoms with van der Waals surface area (Å²) in [6, 6.07) is 13.9. The molecule has 0 saturated carbocycles. The van der Waals surface area contributed by atoms with Crippen LogP contribution in [0.1, 0.15) is 76.1 Å². The van der Waals surface area contributed by atoms with Crippen molar-refractivity contribution in [2.24, 2.45) is 0 Å². The maximum atomic E-state index is 13.9. The zero-order valence-corrected chi connectivity index (χ0v) is 26.6. The number of nitrogens with zero attached hydrogens (tertiary/aromatic N) is 2. The van der Waals surface area contributed by atoms with E-state index in [1.165, 1.54) is 11.1 Å². The zero-order valence-electron chi connectivity index (χ0n) is 26.6. The van der Waals surface area contributed by atoms with E-state index in [4.69, 9.17) is 9.47 Å². The van der Waals surface area contributed by atoms with Crippen LogP contribution in [0, 0.1) is 20.8 Å². The Morgan fingerprint density at radius 3 is 2.45 bits per heavy atom. The average molecular weight is 599 g/mol. The van der Waals surface area contributed by atoms with Crippen LogP contribution in [-0.2, 0) is 22.4 Å². The molecule has 2 aromatic carbocycles. The highest BCUT2D eigenvalue weighted by molar-refractivity contribution is 5.99. The SMILES string of the molecule is CCN(c1cc(-c2ccc3c(c2)CCC3N2CCOCC2)cc(C(=O)NCc2c(C)cc(C)[nH]c2=O)c1C)C1CCOCC1. The maximum absolute atomic E-state index is 13.9. The number of carbonyl (C=O) groups is 1. The second kappa shape index (κ2) is 13.3. The minimum absolute atomic E-state index is 0.154. The number of hydrogen-bond acceptors (Lipinski definition) is 6. The quantitative estimate of drug-likeness (QED) is 0.370. The van der Waals surface area contributed by atoms with E-state index < -0.39 is 0 Å². The number of nitrogens with one attached hydrogen (secondary N) is 2. The first kappa shape index (κ1) is 30.6. The number of aromatic amines is 1. The van der Waals surface area contributed by atoms with Crippen molar-refractivity contribution in [3.63, 3.8) is 0 Å². The molecule has 44 heavy (non-hydrogen) atoms. The summed E-state index contributed by atoms with van der Waals surface area (Å²) >= 11 is 0. The Bertz CT molecular complexity index is 1570. The summed E-state index contributed by atoms with van der Waals surface area (Å²) in [6.45, 7) is 14.1. The van der Waals surface area contributed by atoms with Gasteiger partial charge in [0.25, 0.3) is 11.5 Å². The van der Waals surface area contributed by atoms with Crippen LogP contribution in [0.15, 0.2) is 41.2 Å². The number of anilines is 1. The third-order valence-electron chi connectivity index (χ3n) is 9.84. The Labute approximate surface area is 260 Å². The van der Waals surface area contributed by atoms with Gasteiger partial charge in [0.2, 0.25) is 0 Å². The minimum Gasteiger partial charge on any atom is -0.381 e. The van der Waals surface area contributed by atoms with Crippen molar-refractivity contribution in [3.8, 4) is 11.1 Å². The summed E-state index contributed by atoms with van der Waals surface area (Å²) in [5.41, 5.74) is 9.84. The largest absolute Gasteiger partial charge is 0.381 e. The van der Waals surface area contributed by atoms with Crippen molar-refractivity contribution in [3.05, 3.63) is 85.8 Å². The van der Waals surface area contributed by atoms with Gasteiger partial charge in [-0.15, -0.1) is 0 Å². The van der Waals surface area contributed by atoms with Gasteiger partial charge < -0.3 is 24.7 Å². The molecule has 6 rings (SSSR count). The fourth-order valence-corrected chi connectivity index (χ4v) is 7.43. The second-order valence-electron chi connectivity index (χ2n) is 12.5. The van der Waals surface area contributed by atoms with Crippen LogP contribution in [0.4, 0.5) is 5.69 Å². The van der Waals surface area contributed by atoms with E-state index in [-0.39, 0.29) is 18.0 Å². The molecule has 8 nitrogen and oxygen atoms in total. The maximum Gasteiger partial charge on any atom is 0.253 e. The van der Waals surface area contributed by atoms with E-state index in [1.807, 2.05) is 26.0 Å². The van der Waals surface area contributed by atoms with Crippen LogP contribution < -0.4 is 15.8 Å². The van der Waals surface area contributed by atoms with Gasteiger partial charge in [-0.2, -0.15) is 0 Å². The van der Waals surface area contributed by atoms with Crippen molar-refractivity contribution in [2.45, 2.75) is 72.0 Å². The lowest BCUT2D eigenvalue weighted by Crippen LogP contribution is -2.40. The molecule has 234 valence electrons. The molecule has 0 spiro atoms. The van der Waals surface area contributed by atoms with Gasteiger partial charge >= 0.3 is 0 Å². The lowest BCUT2D eigenvalue weighted by atomic mass is 9.93. The third kappa shape index (κ3) is 6.21. The van der Waals surface area contributed by atoms with Crippen LogP contribution >= 0.6 is 0 Å². The van der Waals surface area contributed by atoms with Gasteiger partial charge in [-0.1, -0.05) is 18.2 Å². The van der Waals surface area contributed by atoms with Gasteiger partial charge in [0.1, 0.15) is 0 Å². The Hall–Kier alpha value is -3.46. The summed E-state index contributed by atoms with van der Waals surface area (Å²) in [5.74, 6) is -0.165. The summed E-state index contributed by atoms with van der Waals surface area (Å²) in [4.78, 5) is 34.4. The molecule has 1 amide bonds. The number of aryl methyl sites for hydroxylation is 3. The summed E-state index contributed by atoms with van der Waals surface area (Å²) < 4.78 is 11.3. The smallest absolute Gasteiger partial charge is 0.253 e. The molecule has 2 saturated heterocycles. The molecule has 0 radical (unpaired) electrons. The average Bonchev–Trinajstić information content (AvgIpc) is 3.46. The standard InChI is InChI=1S/C36H46N4O4/c1-5-40(29-10-14-43-15-11-29)34-21-28(26-6-8-30-27(19-26)7-9-33(30)39-12-16-44-17-13-39)20-31(25(34)4)35(41)37-22-32-23(2)18-24(3)38-36(32)42/h6,8,18-21,29,33H,5,7,9-17,22H2,1-4H3,(H,37,41)(H,38,42). The number of ether oxygens (including phenoxy) is 2. The van der Waals surface area contributed by atoms with Crippen molar-refractivity contribution >= 4 is 11.6 Å². The molecule has 3 heterocycles. The van der Waals surface area contributed by atoms with Gasteiger partial charge in [0.15, 0.2) is 0 Å². The van der Waals surface area contributed by atoms with E-state index in [1.54, 1.807) is 0 Å². The highest BCUT2D eigenvalue weighted by Gasteiger charge is 2.30. The number of carbonyl (C=O) groups excluding carboxylic acids is 1. The number of aromatic nitrogens is 1. The molecule has 2 N–H and O–H groups in total. The Morgan fingerprint density at radius 1 is 0.977 bits per heavy atom. The molecule has 3 aliphatic rings. The van der Waals surface area contributed by atoms with Gasteiger partial charge in [-0.3, -0.25) is 14.5 Å². The zero-order chi connectivity index (χ0) is 30.8. The van der Waals surface area contributed by atoms with E-state index in [0.29, 0.717) is 23.2 Å². The molecule has 2 fully saturated rings. The van der Waals surface area contributed by atoms with Crippen LogP contribution in [0.25, 0.3) is 11.1 Å². The molecule has 1 aliphatic carbocycles. The van der Waals surface area contributed by atoms with E-state index in [2.05, 4.69) is 58.2 Å². The van der Waals surface area contributed by atoms with Gasteiger partial charge in [-0.25, -0.2) is 0 Å². The number of amides is 1. The fraction of sp³-hybridized carbons (Fsp3) is 0.500.